The minimum Gasteiger partial charge on any atom is -0.307 e. The van der Waals surface area contributed by atoms with Crippen LogP contribution in [0.1, 0.15) is 37.8 Å². The van der Waals surface area contributed by atoms with Crippen LogP contribution in [-0.2, 0) is 0 Å². The van der Waals surface area contributed by atoms with Crippen LogP contribution in [0.15, 0.2) is 28.7 Å². The molecule has 0 spiro atoms. The normalized spacial score (nSPS) is 18.1. The summed E-state index contributed by atoms with van der Waals surface area (Å²) in [6, 6.07) is 9.96. The van der Waals surface area contributed by atoms with Crippen molar-refractivity contribution >= 4 is 15.9 Å². The van der Waals surface area contributed by atoms with Crippen molar-refractivity contribution in [3.8, 4) is 0 Å². The van der Waals surface area contributed by atoms with Crippen molar-refractivity contribution in [2.75, 3.05) is 0 Å². The molecule has 14 heavy (non-hydrogen) atoms. The highest BCUT2D eigenvalue weighted by atomic mass is 79.9. The molecule has 0 radical (unpaired) electrons. The summed E-state index contributed by atoms with van der Waals surface area (Å²) in [5.41, 5.74) is 1.41. The van der Waals surface area contributed by atoms with Gasteiger partial charge < -0.3 is 5.32 Å². The maximum Gasteiger partial charge on any atom is 0.0320 e. The lowest BCUT2D eigenvalue weighted by molar-refractivity contribution is 0.516. The van der Waals surface area contributed by atoms with Gasteiger partial charge in [-0.25, -0.2) is 0 Å². The molecule has 0 aromatic heterocycles. The Morgan fingerprint density at radius 2 is 2.00 bits per heavy atom. The van der Waals surface area contributed by atoms with Gasteiger partial charge in [-0.2, -0.15) is 0 Å². The Kier molecular flexibility index (Phi) is 3.24. The zero-order chi connectivity index (χ0) is 9.97. The largest absolute Gasteiger partial charge is 0.307 e. The Labute approximate surface area is 94.0 Å². The summed E-state index contributed by atoms with van der Waals surface area (Å²) in [4.78, 5) is 0. The molecule has 1 saturated carbocycles. The van der Waals surface area contributed by atoms with Crippen molar-refractivity contribution < 1.29 is 0 Å². The third-order valence-electron chi connectivity index (χ3n) is 2.69. The van der Waals surface area contributed by atoms with E-state index in [2.05, 4.69) is 52.4 Å². The van der Waals surface area contributed by atoms with E-state index in [0.29, 0.717) is 6.04 Å². The molecule has 1 atom stereocenters. The number of rotatable bonds is 4. The second kappa shape index (κ2) is 4.45. The summed E-state index contributed by atoms with van der Waals surface area (Å²) in [7, 11) is 0. The lowest BCUT2D eigenvalue weighted by Gasteiger charge is -2.16. The van der Waals surface area contributed by atoms with Gasteiger partial charge in [0, 0.05) is 16.6 Å². The molecular weight excluding hydrogens is 238 g/mol. The molecule has 0 heterocycles. The molecule has 1 aromatic rings. The van der Waals surface area contributed by atoms with Crippen LogP contribution in [0.5, 0.6) is 0 Å². The minimum atomic E-state index is 0.538. The van der Waals surface area contributed by atoms with Crippen molar-refractivity contribution in [3.05, 3.63) is 34.3 Å². The van der Waals surface area contributed by atoms with E-state index in [9.17, 15) is 0 Å². The molecule has 1 aromatic carbocycles. The third kappa shape index (κ3) is 2.58. The number of halogens is 1. The predicted octanol–water partition coefficient (Wildman–Crippen LogP) is 3.65. The first kappa shape index (κ1) is 10.2. The lowest BCUT2D eigenvalue weighted by atomic mass is 10.0. The van der Waals surface area contributed by atoms with Crippen LogP contribution in [0.25, 0.3) is 0 Å². The van der Waals surface area contributed by atoms with E-state index in [0.717, 1.165) is 16.9 Å². The Bertz CT molecular complexity index is 290. The van der Waals surface area contributed by atoms with Gasteiger partial charge in [-0.15, -0.1) is 0 Å². The van der Waals surface area contributed by atoms with Crippen LogP contribution < -0.4 is 5.32 Å². The van der Waals surface area contributed by atoms with Gasteiger partial charge in [0.1, 0.15) is 0 Å². The molecule has 0 aliphatic heterocycles. The zero-order valence-corrected chi connectivity index (χ0v) is 10.0. The van der Waals surface area contributed by atoms with Crippen LogP contribution in [0, 0.1) is 0 Å². The SMILES string of the molecule is CC[C@H](NC1CC1)c1ccc(Br)cc1. The molecule has 2 rings (SSSR count). The van der Waals surface area contributed by atoms with Gasteiger partial charge in [-0.3, -0.25) is 0 Å². The van der Waals surface area contributed by atoms with Crippen molar-refractivity contribution in [2.24, 2.45) is 0 Å². The van der Waals surface area contributed by atoms with Crippen LogP contribution in [0.3, 0.4) is 0 Å². The third-order valence-corrected chi connectivity index (χ3v) is 3.22. The maximum atomic E-state index is 3.66. The monoisotopic (exact) mass is 253 g/mol. The standard InChI is InChI=1S/C12H16BrN/c1-2-12(14-11-7-8-11)9-3-5-10(13)6-4-9/h3-6,11-12,14H,2,7-8H2,1H3/t12-/m0/s1. The minimum absolute atomic E-state index is 0.538. The number of nitrogens with one attached hydrogen (secondary N) is 1. The fraction of sp³-hybridized carbons (Fsp3) is 0.500. The van der Waals surface area contributed by atoms with E-state index >= 15 is 0 Å². The molecule has 0 amide bonds. The molecule has 0 unspecified atom stereocenters. The van der Waals surface area contributed by atoms with Crippen LogP contribution in [-0.4, -0.2) is 6.04 Å². The Morgan fingerprint density at radius 3 is 2.50 bits per heavy atom. The zero-order valence-electron chi connectivity index (χ0n) is 8.46. The molecule has 1 N–H and O–H groups in total. The number of hydrogen-bond acceptors (Lipinski definition) is 1. The van der Waals surface area contributed by atoms with Gasteiger partial charge in [-0.05, 0) is 37.0 Å². The lowest BCUT2D eigenvalue weighted by Crippen LogP contribution is -2.22. The second-order valence-electron chi connectivity index (χ2n) is 3.95. The smallest absolute Gasteiger partial charge is 0.0320 e. The van der Waals surface area contributed by atoms with E-state index in [1.165, 1.54) is 18.4 Å². The summed E-state index contributed by atoms with van der Waals surface area (Å²) in [5.74, 6) is 0. The van der Waals surface area contributed by atoms with Crippen molar-refractivity contribution in [3.63, 3.8) is 0 Å². The van der Waals surface area contributed by atoms with Gasteiger partial charge in [0.15, 0.2) is 0 Å². The molecule has 0 bridgehead atoms. The van der Waals surface area contributed by atoms with Gasteiger partial charge in [0.05, 0.1) is 0 Å². The van der Waals surface area contributed by atoms with Gasteiger partial charge >= 0.3 is 0 Å². The average Bonchev–Trinajstić information content (AvgIpc) is 3.00. The van der Waals surface area contributed by atoms with Crippen LogP contribution >= 0.6 is 15.9 Å². The molecular formula is C12H16BrN. The van der Waals surface area contributed by atoms with E-state index in [1.54, 1.807) is 0 Å². The number of hydrogen-bond donors (Lipinski definition) is 1. The topological polar surface area (TPSA) is 12.0 Å². The highest BCUT2D eigenvalue weighted by Gasteiger charge is 2.24. The predicted molar refractivity (Wildman–Crippen MR) is 63.3 cm³/mol. The second-order valence-corrected chi connectivity index (χ2v) is 4.87. The van der Waals surface area contributed by atoms with Gasteiger partial charge in [0.25, 0.3) is 0 Å². The van der Waals surface area contributed by atoms with Crippen molar-refractivity contribution in [2.45, 2.75) is 38.3 Å². The van der Waals surface area contributed by atoms with Crippen molar-refractivity contribution in [1.29, 1.82) is 0 Å². The highest BCUT2D eigenvalue weighted by Crippen LogP contribution is 2.26. The van der Waals surface area contributed by atoms with Gasteiger partial charge in [-0.1, -0.05) is 35.0 Å². The molecule has 1 fully saturated rings. The molecule has 0 saturated heterocycles. The molecule has 76 valence electrons. The fourth-order valence-electron chi connectivity index (χ4n) is 1.68. The van der Waals surface area contributed by atoms with Crippen molar-refractivity contribution in [1.82, 2.24) is 5.32 Å². The summed E-state index contributed by atoms with van der Waals surface area (Å²) in [5, 5.41) is 3.66. The van der Waals surface area contributed by atoms with E-state index in [1.807, 2.05) is 0 Å². The molecule has 1 aliphatic carbocycles. The Hall–Kier alpha value is -0.340. The Balaban J connectivity index is 2.05. The van der Waals surface area contributed by atoms with Crippen LogP contribution in [0.4, 0.5) is 0 Å². The highest BCUT2D eigenvalue weighted by molar-refractivity contribution is 9.10. The first-order valence-corrected chi connectivity index (χ1v) is 6.10. The average molecular weight is 254 g/mol. The van der Waals surface area contributed by atoms with E-state index < -0.39 is 0 Å². The quantitative estimate of drug-likeness (QED) is 0.864. The molecule has 2 heteroatoms. The maximum absolute atomic E-state index is 3.66. The first-order chi connectivity index (χ1) is 6.79. The summed E-state index contributed by atoms with van der Waals surface area (Å²) in [6.45, 7) is 2.24. The Morgan fingerprint density at radius 1 is 1.36 bits per heavy atom. The van der Waals surface area contributed by atoms with E-state index in [-0.39, 0.29) is 0 Å². The molecule has 1 nitrogen and oxygen atoms in total. The van der Waals surface area contributed by atoms with E-state index in [4.69, 9.17) is 0 Å². The summed E-state index contributed by atoms with van der Waals surface area (Å²) < 4.78 is 1.16. The fourth-order valence-corrected chi connectivity index (χ4v) is 1.94. The summed E-state index contributed by atoms with van der Waals surface area (Å²) >= 11 is 3.46. The first-order valence-electron chi connectivity index (χ1n) is 5.31. The van der Waals surface area contributed by atoms with Crippen LogP contribution in [0.2, 0.25) is 0 Å². The summed E-state index contributed by atoms with van der Waals surface area (Å²) in [6.07, 6.45) is 3.87. The number of benzene rings is 1. The molecule has 1 aliphatic rings. The van der Waals surface area contributed by atoms with Gasteiger partial charge in [0.2, 0.25) is 0 Å².